The van der Waals surface area contributed by atoms with E-state index in [0.717, 1.165) is 12.1 Å². The van der Waals surface area contributed by atoms with Crippen LogP contribution in [0, 0.1) is 6.92 Å². The summed E-state index contributed by atoms with van der Waals surface area (Å²) in [5, 5.41) is 2.68. The standard InChI is InChI=1S/C20H24F3NO4S/c1-7-29-17-10(2)15(25)14-9-12(20(21,22)23)8-13(16(14)27-17)11(3)24-18(26)28-19(4,5)6/h8-9,11H,7H2,1-6H3,(H,24,26)/t11-/m1/s1. The number of halogens is 3. The van der Waals surface area contributed by atoms with E-state index in [-0.39, 0.29) is 22.1 Å². The average Bonchev–Trinajstić information content (AvgIpc) is 2.56. The number of hydrogen-bond donors (Lipinski definition) is 1. The largest absolute Gasteiger partial charge is 0.449 e. The van der Waals surface area contributed by atoms with Crippen molar-refractivity contribution < 1.29 is 27.1 Å². The van der Waals surface area contributed by atoms with E-state index in [2.05, 4.69) is 5.32 Å². The number of rotatable bonds is 4. The Morgan fingerprint density at radius 1 is 1.28 bits per heavy atom. The maximum Gasteiger partial charge on any atom is 0.416 e. The van der Waals surface area contributed by atoms with Gasteiger partial charge in [-0.15, -0.1) is 0 Å². The Hall–Kier alpha value is -2.16. The lowest BCUT2D eigenvalue weighted by Gasteiger charge is -2.23. The summed E-state index contributed by atoms with van der Waals surface area (Å²) in [5.74, 6) is 0.622. The van der Waals surface area contributed by atoms with Gasteiger partial charge < -0.3 is 14.5 Å². The Morgan fingerprint density at radius 3 is 2.41 bits per heavy atom. The highest BCUT2D eigenvalue weighted by molar-refractivity contribution is 7.99. The molecule has 1 atom stereocenters. The molecule has 0 spiro atoms. The third kappa shape index (κ3) is 5.46. The number of carbonyl (C=O) groups is 1. The highest BCUT2D eigenvalue weighted by atomic mass is 32.2. The van der Waals surface area contributed by atoms with Crippen LogP contribution in [0.2, 0.25) is 0 Å². The molecule has 0 aliphatic carbocycles. The molecule has 1 aromatic heterocycles. The Morgan fingerprint density at radius 2 is 1.90 bits per heavy atom. The number of alkyl carbamates (subject to hydrolysis) is 1. The first-order valence-corrected chi connectivity index (χ1v) is 10.0. The van der Waals surface area contributed by atoms with Crippen LogP contribution in [-0.4, -0.2) is 17.4 Å². The Balaban J connectivity index is 2.67. The van der Waals surface area contributed by atoms with Crippen molar-refractivity contribution in [3.63, 3.8) is 0 Å². The van der Waals surface area contributed by atoms with Crippen LogP contribution in [0.3, 0.4) is 0 Å². The second-order valence-electron chi connectivity index (χ2n) is 7.58. The van der Waals surface area contributed by atoms with Gasteiger partial charge in [-0.2, -0.15) is 13.2 Å². The van der Waals surface area contributed by atoms with E-state index >= 15 is 0 Å². The zero-order valence-corrected chi connectivity index (χ0v) is 17.9. The molecule has 2 aromatic rings. The van der Waals surface area contributed by atoms with Gasteiger partial charge in [0.15, 0.2) is 10.5 Å². The molecule has 0 saturated heterocycles. The zero-order chi connectivity index (χ0) is 22.1. The van der Waals surface area contributed by atoms with Crippen LogP contribution < -0.4 is 10.7 Å². The first kappa shape index (κ1) is 23.1. The lowest BCUT2D eigenvalue weighted by atomic mass is 10.00. The summed E-state index contributed by atoms with van der Waals surface area (Å²) in [6, 6.07) is 0.793. The van der Waals surface area contributed by atoms with Gasteiger partial charge in [0.2, 0.25) is 0 Å². The molecule has 1 aromatic carbocycles. The van der Waals surface area contributed by atoms with Crippen LogP contribution in [0.5, 0.6) is 0 Å². The lowest BCUT2D eigenvalue weighted by molar-refractivity contribution is -0.137. The maximum absolute atomic E-state index is 13.4. The topological polar surface area (TPSA) is 68.5 Å². The molecule has 29 heavy (non-hydrogen) atoms. The maximum atomic E-state index is 13.4. The van der Waals surface area contributed by atoms with Crippen LogP contribution in [0.1, 0.15) is 57.4 Å². The number of fused-ring (bicyclic) bond motifs is 1. The van der Waals surface area contributed by atoms with Crippen molar-refractivity contribution in [1.82, 2.24) is 5.32 Å². The van der Waals surface area contributed by atoms with E-state index in [1.165, 1.54) is 25.6 Å². The summed E-state index contributed by atoms with van der Waals surface area (Å²) in [6.45, 7) is 9.92. The molecule has 1 N–H and O–H groups in total. The first-order chi connectivity index (χ1) is 13.2. The van der Waals surface area contributed by atoms with Crippen LogP contribution in [0.25, 0.3) is 11.0 Å². The summed E-state index contributed by atoms with van der Waals surface area (Å²) in [4.78, 5) is 24.8. The van der Waals surface area contributed by atoms with Crippen molar-refractivity contribution in [2.24, 2.45) is 0 Å². The molecule has 0 radical (unpaired) electrons. The SMILES string of the molecule is CCSc1oc2c([C@@H](C)NC(=O)OC(C)(C)C)cc(C(F)(F)F)cc2c(=O)c1C. The quantitative estimate of drug-likeness (QED) is 0.618. The summed E-state index contributed by atoms with van der Waals surface area (Å²) in [6.07, 6.45) is -5.45. The molecule has 0 fully saturated rings. The summed E-state index contributed by atoms with van der Waals surface area (Å²) in [5.41, 5.74) is -1.96. The van der Waals surface area contributed by atoms with E-state index in [1.807, 2.05) is 6.92 Å². The fourth-order valence-corrected chi connectivity index (χ4v) is 3.43. The molecule has 1 amide bonds. The van der Waals surface area contributed by atoms with Gasteiger partial charge >= 0.3 is 12.3 Å². The molecule has 0 aliphatic heterocycles. The molecule has 0 bridgehead atoms. The number of nitrogens with one attached hydrogen (secondary N) is 1. The number of ether oxygens (including phenoxy) is 1. The molecular weight excluding hydrogens is 407 g/mol. The van der Waals surface area contributed by atoms with Gasteiger partial charge in [0, 0.05) is 11.1 Å². The molecule has 0 saturated carbocycles. The number of amides is 1. The third-order valence-corrected chi connectivity index (χ3v) is 4.95. The van der Waals surface area contributed by atoms with Crippen LogP contribution in [0.4, 0.5) is 18.0 Å². The van der Waals surface area contributed by atoms with Gasteiger partial charge in [-0.1, -0.05) is 18.7 Å². The van der Waals surface area contributed by atoms with Gasteiger partial charge in [-0.25, -0.2) is 4.79 Å². The summed E-state index contributed by atoms with van der Waals surface area (Å²) >= 11 is 1.28. The van der Waals surface area contributed by atoms with Gasteiger partial charge in [-0.05, 0) is 52.5 Å². The van der Waals surface area contributed by atoms with Crippen molar-refractivity contribution in [2.45, 2.75) is 64.5 Å². The molecule has 2 rings (SSSR count). The minimum absolute atomic E-state index is 0.0214. The van der Waals surface area contributed by atoms with E-state index in [0.29, 0.717) is 10.8 Å². The highest BCUT2D eigenvalue weighted by Gasteiger charge is 2.33. The molecule has 5 nitrogen and oxygen atoms in total. The van der Waals surface area contributed by atoms with E-state index < -0.39 is 34.9 Å². The van der Waals surface area contributed by atoms with Crippen LogP contribution >= 0.6 is 11.8 Å². The third-order valence-electron chi connectivity index (χ3n) is 4.01. The smallest absolute Gasteiger partial charge is 0.416 e. The fraction of sp³-hybridized carbons (Fsp3) is 0.500. The first-order valence-electron chi connectivity index (χ1n) is 9.05. The minimum atomic E-state index is -4.66. The number of thioether (sulfide) groups is 1. The van der Waals surface area contributed by atoms with Crippen LogP contribution in [0.15, 0.2) is 26.4 Å². The molecule has 0 unspecified atom stereocenters. The second-order valence-corrected chi connectivity index (χ2v) is 8.82. The van der Waals surface area contributed by atoms with Crippen molar-refractivity contribution in [1.29, 1.82) is 0 Å². The Bertz CT molecular complexity index is 977. The molecular formula is C20H24F3NO4S. The van der Waals surface area contributed by atoms with Crippen molar-refractivity contribution in [3.05, 3.63) is 39.0 Å². The normalized spacial score (nSPS) is 13.4. The predicted molar refractivity (Wildman–Crippen MR) is 106 cm³/mol. The number of hydrogen-bond acceptors (Lipinski definition) is 5. The number of carbonyl (C=O) groups excluding carboxylic acids is 1. The molecule has 1 heterocycles. The van der Waals surface area contributed by atoms with Gasteiger partial charge in [0.1, 0.15) is 11.2 Å². The average molecular weight is 431 g/mol. The summed E-state index contributed by atoms with van der Waals surface area (Å²) < 4.78 is 51.3. The number of alkyl halides is 3. The second kappa shape index (κ2) is 8.30. The van der Waals surface area contributed by atoms with Crippen molar-refractivity contribution in [2.75, 3.05) is 5.75 Å². The molecule has 0 aliphatic rings. The lowest BCUT2D eigenvalue weighted by Crippen LogP contribution is -2.34. The number of benzene rings is 1. The monoisotopic (exact) mass is 431 g/mol. The minimum Gasteiger partial charge on any atom is -0.449 e. The van der Waals surface area contributed by atoms with Crippen LogP contribution in [-0.2, 0) is 10.9 Å². The van der Waals surface area contributed by atoms with E-state index in [9.17, 15) is 22.8 Å². The fourth-order valence-electron chi connectivity index (χ4n) is 2.71. The van der Waals surface area contributed by atoms with Gasteiger partial charge in [0.05, 0.1) is 17.0 Å². The van der Waals surface area contributed by atoms with E-state index in [4.69, 9.17) is 9.15 Å². The van der Waals surface area contributed by atoms with Crippen molar-refractivity contribution >= 4 is 28.8 Å². The van der Waals surface area contributed by atoms with E-state index in [1.54, 1.807) is 20.8 Å². The molecule has 160 valence electrons. The van der Waals surface area contributed by atoms with Gasteiger partial charge in [-0.3, -0.25) is 4.79 Å². The van der Waals surface area contributed by atoms with Crippen molar-refractivity contribution in [3.8, 4) is 0 Å². The predicted octanol–water partition coefficient (Wildman–Crippen LogP) is 5.82. The Labute approximate surface area is 171 Å². The highest BCUT2D eigenvalue weighted by Crippen LogP contribution is 2.36. The Kier molecular flexibility index (Phi) is 6.61. The van der Waals surface area contributed by atoms with Gasteiger partial charge in [0.25, 0.3) is 0 Å². The zero-order valence-electron chi connectivity index (χ0n) is 17.1. The molecule has 9 heteroatoms. The summed E-state index contributed by atoms with van der Waals surface area (Å²) in [7, 11) is 0.